The average molecular weight is 292 g/mol. The average Bonchev–Trinajstić information content (AvgIpc) is 2.96. The van der Waals surface area contributed by atoms with E-state index in [1.54, 1.807) is 0 Å². The predicted octanol–water partition coefficient (Wildman–Crippen LogP) is -0.422. The smallest absolute Gasteiger partial charge is 0.378 e. The van der Waals surface area contributed by atoms with Gasteiger partial charge in [0.05, 0.1) is 12.0 Å². The molecule has 7 nitrogen and oxygen atoms in total. The highest BCUT2D eigenvalue weighted by molar-refractivity contribution is 5.86. The van der Waals surface area contributed by atoms with Crippen molar-refractivity contribution in [2.75, 3.05) is 6.61 Å². The van der Waals surface area contributed by atoms with Gasteiger partial charge in [0.25, 0.3) is 0 Å². The van der Waals surface area contributed by atoms with E-state index < -0.39 is 54.5 Å². The van der Waals surface area contributed by atoms with Crippen LogP contribution in [-0.4, -0.2) is 53.9 Å². The number of rotatable bonds is 4. The molecular weight excluding hydrogens is 282 g/mol. The Labute approximate surface area is 110 Å². The van der Waals surface area contributed by atoms with E-state index in [1.807, 2.05) is 0 Å². The molecule has 3 rings (SSSR count). The summed E-state index contributed by atoms with van der Waals surface area (Å²) in [4.78, 5) is 33.6. The van der Waals surface area contributed by atoms with Gasteiger partial charge in [-0.3, -0.25) is 9.59 Å². The summed E-state index contributed by atoms with van der Waals surface area (Å²) >= 11 is 0. The van der Waals surface area contributed by atoms with Gasteiger partial charge in [0.2, 0.25) is 0 Å². The van der Waals surface area contributed by atoms with Crippen molar-refractivity contribution in [1.82, 2.24) is 0 Å². The highest BCUT2D eigenvalue weighted by Gasteiger charge is 2.66. The van der Waals surface area contributed by atoms with Gasteiger partial charge in [0.1, 0.15) is 18.1 Å². The van der Waals surface area contributed by atoms with E-state index >= 15 is 0 Å². The highest BCUT2D eigenvalue weighted by Crippen LogP contribution is 2.50. The maximum Gasteiger partial charge on any atom is 0.378 e. The van der Waals surface area contributed by atoms with Crippen LogP contribution in [0.3, 0.4) is 0 Å². The van der Waals surface area contributed by atoms with E-state index in [0.717, 1.165) is 0 Å². The van der Waals surface area contributed by atoms with E-state index in [4.69, 9.17) is 14.6 Å². The molecule has 3 fully saturated rings. The zero-order valence-electron chi connectivity index (χ0n) is 9.95. The Balaban J connectivity index is 1.67. The molecule has 0 aromatic rings. The zero-order valence-corrected chi connectivity index (χ0v) is 9.95. The quantitative estimate of drug-likeness (QED) is 0.702. The van der Waals surface area contributed by atoms with Gasteiger partial charge in [-0.2, -0.15) is 8.78 Å². The van der Waals surface area contributed by atoms with Crippen LogP contribution in [0.1, 0.15) is 6.42 Å². The third kappa shape index (κ3) is 1.76. The summed E-state index contributed by atoms with van der Waals surface area (Å²) in [6, 6.07) is 0. The molecule has 0 radical (unpaired) electrons. The topological polar surface area (TPSA) is 99.1 Å². The molecule has 2 bridgehead atoms. The van der Waals surface area contributed by atoms with Gasteiger partial charge in [-0.15, -0.1) is 0 Å². The van der Waals surface area contributed by atoms with Crippen LogP contribution in [0.2, 0.25) is 0 Å². The normalized spacial score (nSPS) is 37.9. The van der Waals surface area contributed by atoms with Crippen LogP contribution >= 0.6 is 0 Å². The second-order valence-electron chi connectivity index (χ2n) is 5.02. The van der Waals surface area contributed by atoms with Crippen molar-refractivity contribution in [3.05, 3.63) is 0 Å². The summed E-state index contributed by atoms with van der Waals surface area (Å²) < 4.78 is 40.4. The lowest BCUT2D eigenvalue weighted by atomic mass is 9.80. The Hall–Kier alpha value is -1.77. The Morgan fingerprint density at radius 3 is 2.75 bits per heavy atom. The minimum atomic E-state index is -4.16. The molecule has 3 saturated heterocycles. The Morgan fingerprint density at radius 1 is 1.40 bits per heavy atom. The number of fused-ring (bicyclic) bond motifs is 1. The summed E-state index contributed by atoms with van der Waals surface area (Å²) in [5.74, 6) is -10.0. The molecule has 0 aromatic heterocycles. The second-order valence-corrected chi connectivity index (χ2v) is 5.02. The first-order chi connectivity index (χ1) is 9.31. The molecule has 9 heteroatoms. The second kappa shape index (κ2) is 4.11. The van der Waals surface area contributed by atoms with Crippen molar-refractivity contribution in [1.29, 1.82) is 0 Å². The first kappa shape index (κ1) is 13.2. The van der Waals surface area contributed by atoms with Crippen molar-refractivity contribution in [3.63, 3.8) is 0 Å². The van der Waals surface area contributed by atoms with E-state index in [0.29, 0.717) is 6.42 Å². The fourth-order valence-corrected chi connectivity index (χ4v) is 2.93. The Morgan fingerprint density at radius 2 is 2.10 bits per heavy atom. The van der Waals surface area contributed by atoms with Crippen molar-refractivity contribution < 1.29 is 42.5 Å². The summed E-state index contributed by atoms with van der Waals surface area (Å²) in [6.45, 7) is -1.57. The number of alkyl halides is 2. The lowest BCUT2D eigenvalue weighted by Crippen LogP contribution is -2.40. The van der Waals surface area contributed by atoms with Gasteiger partial charge in [-0.05, 0) is 0 Å². The van der Waals surface area contributed by atoms with Crippen molar-refractivity contribution in [2.45, 2.75) is 30.7 Å². The van der Waals surface area contributed by atoms with E-state index in [2.05, 4.69) is 4.74 Å². The van der Waals surface area contributed by atoms with E-state index in [-0.39, 0.29) is 6.10 Å². The van der Waals surface area contributed by atoms with Crippen molar-refractivity contribution >= 4 is 17.9 Å². The van der Waals surface area contributed by atoms with Crippen molar-refractivity contribution in [2.24, 2.45) is 11.8 Å². The third-order valence-electron chi connectivity index (χ3n) is 3.82. The lowest BCUT2D eigenvalue weighted by Gasteiger charge is -2.20. The number of hydrogen-bond acceptors (Lipinski definition) is 6. The number of aliphatic carboxylic acids is 1. The van der Waals surface area contributed by atoms with Gasteiger partial charge >= 0.3 is 23.8 Å². The molecule has 20 heavy (non-hydrogen) atoms. The Bertz CT molecular complexity index is 489. The fraction of sp³-hybridized carbons (Fsp3) is 0.727. The summed E-state index contributed by atoms with van der Waals surface area (Å²) in [6.07, 6.45) is -1.21. The third-order valence-corrected chi connectivity index (χ3v) is 3.82. The number of hydrogen-bond donors (Lipinski definition) is 1. The van der Waals surface area contributed by atoms with Crippen LogP contribution in [0.25, 0.3) is 0 Å². The van der Waals surface area contributed by atoms with Crippen LogP contribution in [0.4, 0.5) is 8.78 Å². The maximum absolute atomic E-state index is 12.8. The summed E-state index contributed by atoms with van der Waals surface area (Å²) in [5.41, 5.74) is 0. The van der Waals surface area contributed by atoms with Crippen LogP contribution in [-0.2, 0) is 28.6 Å². The Kier molecular flexibility index (Phi) is 2.72. The highest BCUT2D eigenvalue weighted by atomic mass is 19.3. The number of carboxylic acid groups (broad SMARTS) is 1. The van der Waals surface area contributed by atoms with Gasteiger partial charge in [0.15, 0.2) is 6.61 Å². The summed E-state index contributed by atoms with van der Waals surface area (Å²) in [7, 11) is 0. The molecule has 110 valence electrons. The fourth-order valence-electron chi connectivity index (χ4n) is 2.93. The molecule has 0 saturated carbocycles. The molecule has 1 N–H and O–H groups in total. The molecule has 5 atom stereocenters. The molecule has 0 aliphatic carbocycles. The summed E-state index contributed by atoms with van der Waals surface area (Å²) in [5, 5.41) is 8.23. The largest absolute Gasteiger partial charge is 0.477 e. The maximum atomic E-state index is 12.8. The monoisotopic (exact) mass is 292 g/mol. The number of carbonyl (C=O) groups is 3. The van der Waals surface area contributed by atoms with Crippen LogP contribution < -0.4 is 0 Å². The number of esters is 2. The molecule has 3 heterocycles. The number of ether oxygens (including phenoxy) is 3. The molecule has 3 aliphatic heterocycles. The van der Waals surface area contributed by atoms with Crippen LogP contribution in [0, 0.1) is 11.8 Å². The van der Waals surface area contributed by atoms with Crippen molar-refractivity contribution in [3.8, 4) is 0 Å². The number of halogens is 2. The van der Waals surface area contributed by atoms with Gasteiger partial charge < -0.3 is 19.3 Å². The van der Waals surface area contributed by atoms with Gasteiger partial charge in [-0.25, -0.2) is 4.79 Å². The molecular formula is C11H10F2O7. The van der Waals surface area contributed by atoms with Crippen LogP contribution in [0.15, 0.2) is 0 Å². The van der Waals surface area contributed by atoms with E-state index in [9.17, 15) is 23.2 Å². The number of carbonyl (C=O) groups excluding carboxylic acids is 2. The first-order valence-corrected chi connectivity index (χ1v) is 5.95. The molecule has 0 spiro atoms. The van der Waals surface area contributed by atoms with Crippen LogP contribution in [0.5, 0.6) is 0 Å². The van der Waals surface area contributed by atoms with E-state index in [1.165, 1.54) is 0 Å². The molecule has 0 amide bonds. The van der Waals surface area contributed by atoms with Gasteiger partial charge in [-0.1, -0.05) is 0 Å². The first-order valence-electron chi connectivity index (χ1n) is 5.95. The minimum Gasteiger partial charge on any atom is -0.477 e. The molecule has 5 unspecified atom stereocenters. The van der Waals surface area contributed by atoms with Gasteiger partial charge in [0, 0.05) is 6.42 Å². The number of carboxylic acids is 1. The molecule has 3 aliphatic rings. The minimum absolute atomic E-state index is 0.321. The SMILES string of the molecule is O=C(OCC(F)(F)C(=O)O)C1C2CC3OC(=O)C1C3O2. The lowest BCUT2D eigenvalue weighted by molar-refractivity contribution is -0.180. The predicted molar refractivity (Wildman–Crippen MR) is 53.7 cm³/mol. The standard InChI is InChI=1S/C11H10F2O7/c12-11(13,10(16)17)2-18-8(14)5-3-1-4-7(19-3)6(5)9(15)20-4/h3-7H,1-2H2,(H,16,17). The molecule has 0 aromatic carbocycles. The zero-order chi connectivity index (χ0) is 14.7.